The Labute approximate surface area is 201 Å². The van der Waals surface area contributed by atoms with E-state index in [1.54, 1.807) is 6.92 Å². The van der Waals surface area contributed by atoms with Gasteiger partial charge in [-0.05, 0) is 26.8 Å². The van der Waals surface area contributed by atoms with E-state index in [4.69, 9.17) is 11.6 Å². The second-order valence-corrected chi connectivity index (χ2v) is 8.82. The maximum Gasteiger partial charge on any atom is 0.418 e. The van der Waals surface area contributed by atoms with Gasteiger partial charge in [0.1, 0.15) is 33.5 Å². The molecule has 0 saturated heterocycles. The summed E-state index contributed by atoms with van der Waals surface area (Å²) in [5, 5.41) is 7.93. The van der Waals surface area contributed by atoms with Gasteiger partial charge in [-0.2, -0.15) is 13.2 Å². The van der Waals surface area contributed by atoms with Gasteiger partial charge in [-0.25, -0.2) is 19.9 Å². The van der Waals surface area contributed by atoms with Gasteiger partial charge in [0, 0.05) is 18.3 Å². The Balaban J connectivity index is 1.67. The minimum absolute atomic E-state index is 0.117. The first kappa shape index (κ1) is 25.3. The van der Waals surface area contributed by atoms with E-state index in [1.165, 1.54) is 18.6 Å². The van der Waals surface area contributed by atoms with Gasteiger partial charge in [-0.3, -0.25) is 9.59 Å². The van der Waals surface area contributed by atoms with Gasteiger partial charge in [-0.15, -0.1) is 11.3 Å². The minimum Gasteiger partial charge on any atom is -0.368 e. The molecule has 0 aliphatic carbocycles. The number of pyridine rings is 1. The molecule has 3 aromatic heterocycles. The average Bonchev–Trinajstić information content (AvgIpc) is 3.24. The van der Waals surface area contributed by atoms with Crippen molar-refractivity contribution in [3.8, 4) is 0 Å². The molecule has 34 heavy (non-hydrogen) atoms. The monoisotopic (exact) mass is 513 g/mol. The van der Waals surface area contributed by atoms with Crippen LogP contribution in [0.5, 0.6) is 0 Å². The predicted octanol–water partition coefficient (Wildman–Crippen LogP) is 4.56. The molecule has 3 aromatic rings. The fourth-order valence-corrected chi connectivity index (χ4v) is 3.71. The molecule has 3 N–H and O–H groups in total. The van der Waals surface area contributed by atoms with Gasteiger partial charge in [-0.1, -0.05) is 11.6 Å². The molecule has 0 aliphatic rings. The van der Waals surface area contributed by atoms with Crippen LogP contribution in [0.15, 0.2) is 30.9 Å². The van der Waals surface area contributed by atoms with E-state index in [9.17, 15) is 22.8 Å². The lowest BCUT2D eigenvalue weighted by atomic mass is 10.2. The molecule has 0 saturated carbocycles. The van der Waals surface area contributed by atoms with Gasteiger partial charge in [0.2, 0.25) is 0 Å². The molecule has 3 heterocycles. The number of thiazole rings is 1. The number of aromatic nitrogens is 4. The summed E-state index contributed by atoms with van der Waals surface area (Å²) in [6, 6.07) is 1.71. The molecule has 2 amide bonds. The van der Waals surface area contributed by atoms with Crippen LogP contribution in [0.1, 0.15) is 57.5 Å². The topological polar surface area (TPSA) is 122 Å². The normalized spacial score (nSPS) is 12.4. The number of anilines is 2. The summed E-state index contributed by atoms with van der Waals surface area (Å²) in [4.78, 5) is 41.0. The van der Waals surface area contributed by atoms with Crippen LogP contribution in [0.3, 0.4) is 0 Å². The minimum atomic E-state index is -4.69. The molecule has 0 aliphatic heterocycles. The second-order valence-electron chi connectivity index (χ2n) is 7.35. The Hall–Kier alpha value is -3.32. The van der Waals surface area contributed by atoms with E-state index in [-0.39, 0.29) is 22.4 Å². The van der Waals surface area contributed by atoms with Gasteiger partial charge in [0.15, 0.2) is 0 Å². The van der Waals surface area contributed by atoms with Crippen molar-refractivity contribution in [3.05, 3.63) is 57.0 Å². The maximum atomic E-state index is 13.0. The molecule has 0 radical (unpaired) electrons. The zero-order valence-corrected chi connectivity index (χ0v) is 19.6. The van der Waals surface area contributed by atoms with E-state index >= 15 is 0 Å². The third-order valence-electron chi connectivity index (χ3n) is 4.20. The van der Waals surface area contributed by atoms with Gasteiger partial charge < -0.3 is 16.0 Å². The van der Waals surface area contributed by atoms with Gasteiger partial charge >= 0.3 is 6.18 Å². The van der Waals surface area contributed by atoms with Crippen molar-refractivity contribution in [1.29, 1.82) is 0 Å². The fraction of sp³-hybridized carbons (Fsp3) is 0.300. The first-order valence-electron chi connectivity index (χ1n) is 9.83. The highest BCUT2D eigenvalue weighted by Crippen LogP contribution is 2.35. The molecule has 180 valence electrons. The number of amides is 2. The van der Waals surface area contributed by atoms with E-state index in [1.807, 2.05) is 13.8 Å². The van der Waals surface area contributed by atoms with Crippen LogP contribution in [-0.2, 0) is 6.18 Å². The van der Waals surface area contributed by atoms with Crippen molar-refractivity contribution in [2.45, 2.75) is 39.0 Å². The van der Waals surface area contributed by atoms with Crippen LogP contribution in [0, 0.1) is 0 Å². The summed E-state index contributed by atoms with van der Waals surface area (Å²) in [5.41, 5.74) is -0.967. The summed E-state index contributed by atoms with van der Waals surface area (Å²) in [5.74, 6) is -0.980. The Morgan fingerprint density at radius 3 is 2.41 bits per heavy atom. The number of hydrogen-bond donors (Lipinski definition) is 3. The average molecular weight is 514 g/mol. The number of hydrogen-bond acceptors (Lipinski definition) is 8. The van der Waals surface area contributed by atoms with Crippen LogP contribution in [0.2, 0.25) is 5.02 Å². The third kappa shape index (κ3) is 6.38. The summed E-state index contributed by atoms with van der Waals surface area (Å²) in [6.07, 6.45) is -1.36. The van der Waals surface area contributed by atoms with Crippen molar-refractivity contribution >= 4 is 46.4 Å². The molecule has 0 bridgehead atoms. The van der Waals surface area contributed by atoms with E-state index < -0.39 is 34.6 Å². The SMILES string of the molecule is CC(C)Nc1cc(C(=O)NC(C)c2ncc(C(=O)Nc3cc(C(F)(F)F)c(Cl)cn3)s2)ncn1. The standard InChI is InChI=1S/C20H19ClF3N7O2S/c1-9(2)29-16-5-13(27-8-28-16)17(32)30-10(3)19-26-7-14(34-19)18(33)31-15-4-11(20(22,23)24)12(21)6-25-15/h4-10H,1-3H3,(H,30,32)(H,25,31,33)(H,27,28,29). The van der Waals surface area contributed by atoms with E-state index in [2.05, 4.69) is 35.9 Å². The van der Waals surface area contributed by atoms with Crippen molar-refractivity contribution in [2.24, 2.45) is 0 Å². The summed E-state index contributed by atoms with van der Waals surface area (Å²) in [6.45, 7) is 5.53. The zero-order chi connectivity index (χ0) is 25.0. The van der Waals surface area contributed by atoms with E-state index in [0.29, 0.717) is 16.9 Å². The van der Waals surface area contributed by atoms with Crippen LogP contribution in [0.25, 0.3) is 0 Å². The number of rotatable bonds is 7. The largest absolute Gasteiger partial charge is 0.418 e. The number of nitrogens with one attached hydrogen (secondary N) is 3. The first-order chi connectivity index (χ1) is 15.9. The van der Waals surface area contributed by atoms with Crippen LogP contribution >= 0.6 is 22.9 Å². The number of nitrogens with zero attached hydrogens (tertiary/aromatic N) is 4. The number of halogens is 4. The predicted molar refractivity (Wildman–Crippen MR) is 121 cm³/mol. The number of alkyl halides is 3. The molecular formula is C20H19ClF3N7O2S. The molecule has 0 fully saturated rings. The Morgan fingerprint density at radius 2 is 1.74 bits per heavy atom. The van der Waals surface area contributed by atoms with Gasteiger partial charge in [0.05, 0.1) is 22.8 Å². The lowest BCUT2D eigenvalue weighted by molar-refractivity contribution is -0.137. The molecule has 1 atom stereocenters. The third-order valence-corrected chi connectivity index (χ3v) is 5.68. The zero-order valence-electron chi connectivity index (χ0n) is 18.1. The Morgan fingerprint density at radius 1 is 1.00 bits per heavy atom. The van der Waals surface area contributed by atoms with Gasteiger partial charge in [0.25, 0.3) is 11.8 Å². The summed E-state index contributed by atoms with van der Waals surface area (Å²) in [7, 11) is 0. The Kier molecular flexibility index (Phi) is 7.67. The summed E-state index contributed by atoms with van der Waals surface area (Å²) < 4.78 is 39.0. The van der Waals surface area contributed by atoms with Crippen molar-refractivity contribution in [1.82, 2.24) is 25.3 Å². The maximum absolute atomic E-state index is 13.0. The molecular weight excluding hydrogens is 495 g/mol. The van der Waals surface area contributed by atoms with Crippen LogP contribution in [0.4, 0.5) is 24.8 Å². The lowest BCUT2D eigenvalue weighted by Gasteiger charge is -2.12. The van der Waals surface area contributed by atoms with E-state index in [0.717, 1.165) is 17.5 Å². The van der Waals surface area contributed by atoms with Crippen molar-refractivity contribution in [3.63, 3.8) is 0 Å². The summed E-state index contributed by atoms with van der Waals surface area (Å²) >= 11 is 6.51. The highest BCUT2D eigenvalue weighted by Gasteiger charge is 2.34. The molecule has 0 aromatic carbocycles. The number of carbonyl (C=O) groups excluding carboxylic acids is 2. The quantitative estimate of drug-likeness (QED) is 0.423. The number of carbonyl (C=O) groups is 2. The molecule has 0 spiro atoms. The highest BCUT2D eigenvalue weighted by molar-refractivity contribution is 7.13. The second kappa shape index (κ2) is 10.3. The first-order valence-corrected chi connectivity index (χ1v) is 11.0. The molecule has 14 heteroatoms. The fourth-order valence-electron chi connectivity index (χ4n) is 2.68. The Bertz CT molecular complexity index is 1200. The molecule has 3 rings (SSSR count). The molecule has 1 unspecified atom stereocenters. The lowest BCUT2D eigenvalue weighted by Crippen LogP contribution is -2.27. The van der Waals surface area contributed by atoms with Crippen LogP contribution in [-0.4, -0.2) is 37.8 Å². The smallest absolute Gasteiger partial charge is 0.368 e. The van der Waals surface area contributed by atoms with Crippen molar-refractivity contribution in [2.75, 3.05) is 10.6 Å². The highest BCUT2D eigenvalue weighted by atomic mass is 35.5. The van der Waals surface area contributed by atoms with Crippen LogP contribution < -0.4 is 16.0 Å². The van der Waals surface area contributed by atoms with Crippen molar-refractivity contribution < 1.29 is 22.8 Å². The molecule has 9 nitrogen and oxygen atoms in total.